The summed E-state index contributed by atoms with van der Waals surface area (Å²) in [4.78, 5) is 40.1. The van der Waals surface area contributed by atoms with E-state index in [-0.39, 0.29) is 63.3 Å². The number of pyridine rings is 3. The van der Waals surface area contributed by atoms with Crippen molar-refractivity contribution >= 4 is 65.3 Å². The number of aryl methyl sites for hydroxylation is 2. The van der Waals surface area contributed by atoms with Crippen molar-refractivity contribution < 1.29 is 34.8 Å². The summed E-state index contributed by atoms with van der Waals surface area (Å²) >= 11 is 1.57. The van der Waals surface area contributed by atoms with Gasteiger partial charge in [-0.2, -0.15) is 26.3 Å². The molecule has 3 aromatic carbocycles. The van der Waals surface area contributed by atoms with Crippen LogP contribution in [-0.2, 0) is 49.4 Å². The number of sulfone groups is 1. The molecule has 0 aliphatic heterocycles. The van der Waals surface area contributed by atoms with Gasteiger partial charge < -0.3 is 24.4 Å². The minimum absolute atomic E-state index is 0. The van der Waals surface area contributed by atoms with Gasteiger partial charge in [-0.25, -0.2) is 23.4 Å². The van der Waals surface area contributed by atoms with Crippen molar-refractivity contribution in [3.63, 3.8) is 0 Å². The van der Waals surface area contributed by atoms with Crippen LogP contribution in [0.25, 0.3) is 66.6 Å². The Morgan fingerprint density at radius 3 is 1.59 bits per heavy atom. The number of halogens is 6. The van der Waals surface area contributed by atoms with E-state index in [1.807, 2.05) is 37.3 Å². The number of benzene rings is 3. The van der Waals surface area contributed by atoms with Crippen LogP contribution < -0.4 is 17.3 Å². The smallest absolute Gasteiger partial charge is 0.344 e. The van der Waals surface area contributed by atoms with Gasteiger partial charge in [0.15, 0.2) is 15.7 Å². The summed E-state index contributed by atoms with van der Waals surface area (Å²) in [5.74, 6) is 1.10. The van der Waals surface area contributed by atoms with Gasteiger partial charge in [0.25, 0.3) is 11.1 Å². The van der Waals surface area contributed by atoms with E-state index in [1.165, 1.54) is 38.5 Å². The van der Waals surface area contributed by atoms with Crippen LogP contribution >= 0.6 is 11.8 Å². The molecule has 5 heterocycles. The van der Waals surface area contributed by atoms with Gasteiger partial charge in [0.2, 0.25) is 0 Å². The summed E-state index contributed by atoms with van der Waals surface area (Å²) in [5, 5.41) is 2.41. The topological polar surface area (TPSA) is 162 Å². The minimum Gasteiger partial charge on any atom is -0.344 e. The Morgan fingerprint density at radius 2 is 1.10 bits per heavy atom. The third-order valence-corrected chi connectivity index (χ3v) is 13.2. The Balaban J connectivity index is 0.000000207. The Labute approximate surface area is 360 Å². The highest BCUT2D eigenvalue weighted by Crippen LogP contribution is 2.37. The van der Waals surface area contributed by atoms with Crippen molar-refractivity contribution in [1.82, 2.24) is 39.4 Å². The summed E-state index contributed by atoms with van der Waals surface area (Å²) in [6, 6.07) is 21.7. The molecule has 0 saturated heterocycles. The first-order chi connectivity index (χ1) is 29.2. The SMILES string of the molecule is CCSc1cc2ccccc2nc1-c1nc2cc(C(F)(F)F)n(CC)c(=O)c2n1C.CCn1c(C(F)(F)F)cc2nc(-c3cc4ccccc4cc3S(=O)(=O)CC)n(C)c2c1=O.N. The van der Waals surface area contributed by atoms with Crippen molar-refractivity contribution in [2.45, 2.75) is 62.9 Å². The van der Waals surface area contributed by atoms with Crippen LogP contribution in [0.5, 0.6) is 0 Å². The average Bonchev–Trinajstić information content (AvgIpc) is 3.75. The van der Waals surface area contributed by atoms with Gasteiger partial charge in [-0.15, -0.1) is 11.8 Å². The molecule has 0 atom stereocenters. The molecule has 20 heteroatoms. The number of aromatic nitrogens is 7. The van der Waals surface area contributed by atoms with Gasteiger partial charge in [0.1, 0.15) is 33.9 Å². The van der Waals surface area contributed by atoms with Crippen LogP contribution in [0.1, 0.15) is 39.1 Å². The molecule has 8 rings (SSSR count). The molecule has 63 heavy (non-hydrogen) atoms. The lowest BCUT2D eigenvalue weighted by atomic mass is 10.1. The lowest BCUT2D eigenvalue weighted by Crippen LogP contribution is -2.28. The highest BCUT2D eigenvalue weighted by atomic mass is 32.2. The first-order valence-electron chi connectivity index (χ1n) is 19.4. The minimum atomic E-state index is -4.74. The third kappa shape index (κ3) is 8.33. The normalized spacial score (nSPS) is 12.3. The zero-order valence-corrected chi connectivity index (χ0v) is 36.5. The highest BCUT2D eigenvalue weighted by Gasteiger charge is 2.37. The molecule has 0 aliphatic carbocycles. The van der Waals surface area contributed by atoms with Gasteiger partial charge in [-0.1, -0.05) is 56.3 Å². The van der Waals surface area contributed by atoms with Gasteiger partial charge in [0.05, 0.1) is 27.2 Å². The van der Waals surface area contributed by atoms with Crippen molar-refractivity contribution in [3.05, 3.63) is 111 Å². The monoisotopic (exact) mass is 912 g/mol. The van der Waals surface area contributed by atoms with Crippen LogP contribution in [0, 0.1) is 0 Å². The van der Waals surface area contributed by atoms with Crippen LogP contribution in [0.3, 0.4) is 0 Å². The molecule has 12 nitrogen and oxygen atoms in total. The summed E-state index contributed by atoms with van der Waals surface area (Å²) in [6.45, 7) is 6.23. The maximum Gasteiger partial charge on any atom is 0.431 e. The quantitative estimate of drug-likeness (QED) is 0.116. The molecular formula is C43H42F6N8O4S2. The molecule has 0 aliphatic rings. The molecule has 0 saturated carbocycles. The van der Waals surface area contributed by atoms with Gasteiger partial charge >= 0.3 is 12.4 Å². The molecule has 0 radical (unpaired) electrons. The zero-order chi connectivity index (χ0) is 45.1. The first kappa shape index (κ1) is 46.5. The standard InChI is InChI=1S/C22H20F3N3O3S.C21H19F3N4OS.H3N/c1-4-28-18(22(23,24)25)12-16-19(21(28)29)27(3)20(26-16)15-10-13-8-6-7-9-14(13)11-17(15)32(30,31)5-2;1-4-28-16(21(22,23)24)11-14-18(20(28)29)27(3)19(26-14)17-15(30-5-2)10-12-8-6-7-9-13(12)25-17;/h6-12H,4-5H2,1-3H3;6-11H,4-5H2,1-3H3;1H3. The summed E-state index contributed by atoms with van der Waals surface area (Å²) in [7, 11) is -0.561. The fourth-order valence-corrected chi connectivity index (χ4v) is 9.41. The number of imidazole rings is 2. The average molecular weight is 913 g/mol. The van der Waals surface area contributed by atoms with E-state index in [9.17, 15) is 44.3 Å². The molecule has 0 fully saturated rings. The largest absolute Gasteiger partial charge is 0.431 e. The summed E-state index contributed by atoms with van der Waals surface area (Å²) in [6.07, 6.45) is -9.38. The molecule has 0 bridgehead atoms. The number of thioether (sulfide) groups is 1. The van der Waals surface area contributed by atoms with E-state index in [2.05, 4.69) is 9.97 Å². The van der Waals surface area contributed by atoms with Crippen molar-refractivity contribution in [3.8, 4) is 22.9 Å². The number of para-hydroxylation sites is 1. The maximum atomic E-state index is 13.5. The van der Waals surface area contributed by atoms with Crippen molar-refractivity contribution in [2.24, 2.45) is 14.1 Å². The van der Waals surface area contributed by atoms with Crippen molar-refractivity contribution in [1.29, 1.82) is 0 Å². The third-order valence-electron chi connectivity index (χ3n) is 10.5. The second kappa shape index (κ2) is 17.3. The van der Waals surface area contributed by atoms with Crippen molar-refractivity contribution in [2.75, 3.05) is 11.5 Å². The fraction of sp³-hybridized carbons (Fsp3) is 0.279. The Kier molecular flexibility index (Phi) is 12.8. The van der Waals surface area contributed by atoms with Crippen LogP contribution in [0.2, 0.25) is 0 Å². The lowest BCUT2D eigenvalue weighted by Gasteiger charge is -2.14. The van der Waals surface area contributed by atoms with Crippen LogP contribution in [0.15, 0.2) is 98.2 Å². The summed E-state index contributed by atoms with van der Waals surface area (Å²) in [5.41, 5.74) is -2.13. The highest BCUT2D eigenvalue weighted by molar-refractivity contribution is 7.99. The Hall–Kier alpha value is -5.99. The molecule has 5 aromatic heterocycles. The van der Waals surface area contributed by atoms with Crippen LogP contribution in [-0.4, -0.2) is 53.1 Å². The molecule has 0 amide bonds. The number of alkyl halides is 6. The van der Waals surface area contributed by atoms with E-state index in [1.54, 1.807) is 53.7 Å². The predicted octanol–water partition coefficient (Wildman–Crippen LogP) is 9.65. The number of hydrogen-bond donors (Lipinski definition) is 1. The number of fused-ring (bicyclic) bond motifs is 4. The summed E-state index contributed by atoms with van der Waals surface area (Å²) < 4.78 is 111. The molecule has 332 valence electrons. The molecular weight excluding hydrogens is 871 g/mol. The Bertz CT molecular complexity index is 3300. The number of rotatable bonds is 8. The van der Waals surface area contributed by atoms with E-state index in [4.69, 9.17) is 4.98 Å². The molecule has 8 aromatic rings. The van der Waals surface area contributed by atoms with E-state index >= 15 is 0 Å². The molecule has 0 spiro atoms. The van der Waals surface area contributed by atoms with Gasteiger partial charge in [-0.3, -0.25) is 9.59 Å². The number of hydrogen-bond acceptors (Lipinski definition) is 9. The zero-order valence-electron chi connectivity index (χ0n) is 34.9. The van der Waals surface area contributed by atoms with E-state index < -0.39 is 44.7 Å². The second-order valence-corrected chi connectivity index (χ2v) is 17.7. The first-order valence-corrected chi connectivity index (χ1v) is 22.0. The lowest BCUT2D eigenvalue weighted by molar-refractivity contribution is -0.144. The van der Waals surface area contributed by atoms with E-state index in [0.29, 0.717) is 21.5 Å². The predicted molar refractivity (Wildman–Crippen MR) is 234 cm³/mol. The second-order valence-electron chi connectivity index (χ2n) is 14.2. The van der Waals surface area contributed by atoms with E-state index in [0.717, 1.165) is 43.6 Å². The van der Waals surface area contributed by atoms with Crippen LogP contribution in [0.4, 0.5) is 26.3 Å². The van der Waals surface area contributed by atoms with Gasteiger partial charge in [0, 0.05) is 43.0 Å². The Morgan fingerprint density at radius 1 is 0.619 bits per heavy atom. The number of nitrogens with zero attached hydrogens (tertiary/aromatic N) is 7. The van der Waals surface area contributed by atoms with Gasteiger partial charge in [-0.05, 0) is 66.8 Å². The maximum absolute atomic E-state index is 13.5. The molecule has 3 N–H and O–H groups in total. The molecule has 0 unspecified atom stereocenters. The fourth-order valence-electron chi connectivity index (χ4n) is 7.52.